The number of aliphatic imine (C=N–C) groups is 1. The first-order chi connectivity index (χ1) is 10.6. The average Bonchev–Trinajstić information content (AvgIpc) is 2.95. The number of rotatable bonds is 4. The smallest absolute Gasteiger partial charge is 0.220 e. The molecule has 1 aliphatic rings. The lowest BCUT2D eigenvalue weighted by Gasteiger charge is -2.34. The summed E-state index contributed by atoms with van der Waals surface area (Å²) in [6.07, 6.45) is 4.62. The Morgan fingerprint density at radius 3 is 2.77 bits per heavy atom. The Bertz CT molecular complexity index is 520. The summed E-state index contributed by atoms with van der Waals surface area (Å²) in [7, 11) is 3.52. The van der Waals surface area contributed by atoms with E-state index in [1.54, 1.807) is 18.4 Å². The molecule has 22 heavy (non-hydrogen) atoms. The van der Waals surface area contributed by atoms with Crippen molar-refractivity contribution in [2.24, 2.45) is 10.9 Å². The van der Waals surface area contributed by atoms with Crippen molar-refractivity contribution in [1.29, 1.82) is 0 Å². The van der Waals surface area contributed by atoms with Crippen LogP contribution in [0.1, 0.15) is 29.1 Å². The molecule has 1 aromatic heterocycles. The number of aryl methyl sites for hydroxylation is 1. The fraction of sp³-hybridized carbons (Fsp3) is 0.667. The molecule has 1 aliphatic heterocycles. The first-order valence-electron chi connectivity index (χ1n) is 7.70. The summed E-state index contributed by atoms with van der Waals surface area (Å²) in [4.78, 5) is 23.6. The van der Waals surface area contributed by atoms with Crippen molar-refractivity contribution in [3.8, 4) is 0 Å². The molecule has 2 rings (SSSR count). The molecule has 1 aromatic rings. The molecular formula is C15H25N5OS. The summed E-state index contributed by atoms with van der Waals surface area (Å²) in [5.41, 5.74) is 0. The molecule has 1 fully saturated rings. The highest BCUT2D eigenvalue weighted by atomic mass is 32.1. The van der Waals surface area contributed by atoms with Gasteiger partial charge in [0.15, 0.2) is 5.96 Å². The fourth-order valence-electron chi connectivity index (χ4n) is 2.70. The van der Waals surface area contributed by atoms with Gasteiger partial charge < -0.3 is 15.5 Å². The minimum absolute atomic E-state index is 0.140. The molecule has 2 heterocycles. The number of carbonyl (C=O) groups is 1. The van der Waals surface area contributed by atoms with Crippen molar-refractivity contribution in [3.63, 3.8) is 0 Å². The number of hydrogen-bond acceptors (Lipinski definition) is 4. The lowest BCUT2D eigenvalue weighted by atomic mass is 9.93. The number of thiazole rings is 1. The van der Waals surface area contributed by atoms with E-state index >= 15 is 0 Å². The third kappa shape index (κ3) is 4.69. The topological polar surface area (TPSA) is 69.6 Å². The molecule has 0 aromatic carbocycles. The van der Waals surface area contributed by atoms with Gasteiger partial charge >= 0.3 is 0 Å². The van der Waals surface area contributed by atoms with E-state index in [2.05, 4.69) is 25.5 Å². The van der Waals surface area contributed by atoms with E-state index in [9.17, 15) is 4.79 Å². The zero-order chi connectivity index (χ0) is 15.9. The van der Waals surface area contributed by atoms with Crippen LogP contribution in [-0.4, -0.2) is 48.9 Å². The molecular weight excluding hydrogens is 298 g/mol. The molecule has 6 nitrogen and oxygen atoms in total. The SMILES string of the molecule is CN=C(NCc1cnc(C)s1)N1CCC(CC(=O)NC)CC1. The maximum atomic E-state index is 11.4. The van der Waals surface area contributed by atoms with E-state index in [4.69, 9.17) is 0 Å². The van der Waals surface area contributed by atoms with Crippen LogP contribution in [0.5, 0.6) is 0 Å². The van der Waals surface area contributed by atoms with Gasteiger partial charge in [0.1, 0.15) is 0 Å². The van der Waals surface area contributed by atoms with E-state index in [0.717, 1.165) is 43.4 Å². The minimum Gasteiger partial charge on any atom is -0.359 e. The van der Waals surface area contributed by atoms with Crippen molar-refractivity contribution >= 4 is 23.2 Å². The predicted molar refractivity (Wildman–Crippen MR) is 90.0 cm³/mol. The second kappa shape index (κ2) is 8.12. The van der Waals surface area contributed by atoms with Gasteiger partial charge in [-0.1, -0.05) is 0 Å². The van der Waals surface area contributed by atoms with Crippen LogP contribution >= 0.6 is 11.3 Å². The highest BCUT2D eigenvalue weighted by Crippen LogP contribution is 2.20. The van der Waals surface area contributed by atoms with Gasteiger partial charge in [0.2, 0.25) is 5.91 Å². The molecule has 0 bridgehead atoms. The molecule has 7 heteroatoms. The Morgan fingerprint density at radius 1 is 1.50 bits per heavy atom. The molecule has 0 aliphatic carbocycles. The van der Waals surface area contributed by atoms with E-state index in [1.807, 2.05) is 20.2 Å². The molecule has 1 saturated heterocycles. The van der Waals surface area contributed by atoms with Crippen LogP contribution in [0.4, 0.5) is 0 Å². The minimum atomic E-state index is 0.140. The summed E-state index contributed by atoms with van der Waals surface area (Å²) < 4.78 is 0. The maximum absolute atomic E-state index is 11.4. The highest BCUT2D eigenvalue weighted by Gasteiger charge is 2.23. The van der Waals surface area contributed by atoms with Gasteiger partial charge in [0.25, 0.3) is 0 Å². The lowest BCUT2D eigenvalue weighted by Crippen LogP contribution is -2.45. The number of nitrogens with zero attached hydrogens (tertiary/aromatic N) is 3. The van der Waals surface area contributed by atoms with E-state index in [0.29, 0.717) is 12.3 Å². The fourth-order valence-corrected chi connectivity index (χ4v) is 3.43. The molecule has 1 amide bonds. The van der Waals surface area contributed by atoms with Crippen LogP contribution in [0.2, 0.25) is 0 Å². The van der Waals surface area contributed by atoms with Crippen molar-refractivity contribution in [3.05, 3.63) is 16.1 Å². The van der Waals surface area contributed by atoms with Crippen LogP contribution < -0.4 is 10.6 Å². The molecule has 0 spiro atoms. The number of amides is 1. The van der Waals surface area contributed by atoms with E-state index < -0.39 is 0 Å². The summed E-state index contributed by atoms with van der Waals surface area (Å²) >= 11 is 1.71. The second-order valence-corrected chi connectivity index (χ2v) is 6.87. The van der Waals surface area contributed by atoms with Crippen molar-refractivity contribution < 1.29 is 4.79 Å². The van der Waals surface area contributed by atoms with Crippen LogP contribution in [0.3, 0.4) is 0 Å². The number of guanidine groups is 1. The summed E-state index contributed by atoms with van der Waals surface area (Å²) in [6.45, 7) is 4.67. The summed E-state index contributed by atoms with van der Waals surface area (Å²) in [5, 5.41) is 7.19. The molecule has 0 radical (unpaired) electrons. The van der Waals surface area contributed by atoms with E-state index in [1.165, 1.54) is 4.88 Å². The van der Waals surface area contributed by atoms with Crippen LogP contribution in [0, 0.1) is 12.8 Å². The van der Waals surface area contributed by atoms with Gasteiger partial charge in [-0.2, -0.15) is 0 Å². The second-order valence-electron chi connectivity index (χ2n) is 5.55. The van der Waals surface area contributed by atoms with Crippen LogP contribution in [-0.2, 0) is 11.3 Å². The molecule has 0 saturated carbocycles. The Morgan fingerprint density at radius 2 is 2.23 bits per heavy atom. The number of hydrogen-bond donors (Lipinski definition) is 2. The number of carbonyl (C=O) groups excluding carboxylic acids is 1. The molecule has 0 unspecified atom stereocenters. The van der Waals surface area contributed by atoms with Gasteiger partial charge in [0.05, 0.1) is 11.6 Å². The van der Waals surface area contributed by atoms with Gasteiger partial charge in [-0.3, -0.25) is 9.79 Å². The van der Waals surface area contributed by atoms with Crippen molar-refractivity contribution in [2.45, 2.75) is 32.7 Å². The van der Waals surface area contributed by atoms with Gasteiger partial charge in [-0.15, -0.1) is 11.3 Å². The Hall–Kier alpha value is -1.63. The van der Waals surface area contributed by atoms with Gasteiger partial charge in [-0.25, -0.2) is 4.98 Å². The summed E-state index contributed by atoms with van der Waals surface area (Å²) in [5.74, 6) is 1.56. The quantitative estimate of drug-likeness (QED) is 0.649. The van der Waals surface area contributed by atoms with Crippen LogP contribution in [0.15, 0.2) is 11.2 Å². The first-order valence-corrected chi connectivity index (χ1v) is 8.51. The first kappa shape index (κ1) is 16.7. The number of aromatic nitrogens is 1. The van der Waals surface area contributed by atoms with Crippen LogP contribution in [0.25, 0.3) is 0 Å². The Kier molecular flexibility index (Phi) is 6.18. The predicted octanol–water partition coefficient (Wildman–Crippen LogP) is 1.38. The molecule has 2 N–H and O–H groups in total. The van der Waals surface area contributed by atoms with Crippen molar-refractivity contribution in [2.75, 3.05) is 27.2 Å². The van der Waals surface area contributed by atoms with Gasteiger partial charge in [0, 0.05) is 44.7 Å². The number of likely N-dealkylation sites (tertiary alicyclic amines) is 1. The standard InChI is InChI=1S/C15H25N5OS/c1-11-18-9-13(22-11)10-19-15(17-3)20-6-4-12(5-7-20)8-14(21)16-2/h9,12H,4-8,10H2,1-3H3,(H,16,21)(H,17,19). The monoisotopic (exact) mass is 323 g/mol. The average molecular weight is 323 g/mol. The molecule has 0 atom stereocenters. The lowest BCUT2D eigenvalue weighted by molar-refractivity contribution is -0.121. The number of nitrogens with one attached hydrogen (secondary N) is 2. The third-order valence-corrected chi connectivity index (χ3v) is 4.88. The van der Waals surface area contributed by atoms with Crippen molar-refractivity contribution in [1.82, 2.24) is 20.5 Å². The summed E-state index contributed by atoms with van der Waals surface area (Å²) in [6, 6.07) is 0. The zero-order valence-corrected chi connectivity index (χ0v) is 14.4. The van der Waals surface area contributed by atoms with E-state index in [-0.39, 0.29) is 5.91 Å². The van der Waals surface area contributed by atoms with Gasteiger partial charge in [-0.05, 0) is 25.7 Å². The third-order valence-electron chi connectivity index (χ3n) is 3.97. The highest BCUT2D eigenvalue weighted by molar-refractivity contribution is 7.11. The Labute approximate surface area is 136 Å². The zero-order valence-electron chi connectivity index (χ0n) is 13.6. The largest absolute Gasteiger partial charge is 0.359 e. The molecule has 122 valence electrons. The normalized spacial score (nSPS) is 16.7. The maximum Gasteiger partial charge on any atom is 0.220 e. The Balaban J connectivity index is 1.79. The number of piperidine rings is 1.